The molecule has 3 aromatic heterocycles. The van der Waals surface area contributed by atoms with E-state index in [-0.39, 0.29) is 52.4 Å². The van der Waals surface area contributed by atoms with Crippen molar-refractivity contribution in [2.45, 2.75) is 597 Å². The fraction of sp³-hybridized carbons (Fsp3) is 0.923. The summed E-state index contributed by atoms with van der Waals surface area (Å²) in [5.41, 5.74) is -3.89. The summed E-state index contributed by atoms with van der Waals surface area (Å²) in [4.78, 5) is 114. The molecule has 0 saturated carbocycles. The van der Waals surface area contributed by atoms with Crippen molar-refractivity contribution in [3.05, 3.63) is 0 Å². The van der Waals surface area contributed by atoms with Crippen LogP contribution in [-0.2, 0) is 24.2 Å². The smallest absolute Gasteiger partial charge is 0.233 e. The van der Waals surface area contributed by atoms with Gasteiger partial charge in [-0.1, -0.05) is 187 Å². The van der Waals surface area contributed by atoms with E-state index in [0.717, 1.165) is 389 Å². The average Bonchev–Trinajstić information content (AvgIpc) is 0.722. The van der Waals surface area contributed by atoms with Crippen LogP contribution in [0.5, 0.6) is 0 Å². The molecule has 0 amide bonds. The monoisotopic (exact) mass is 2030 g/mol. The molecule has 8 heterocycles. The molecule has 5 aliphatic rings. The van der Waals surface area contributed by atoms with Gasteiger partial charge in [-0.05, 0) is 318 Å². The maximum atomic E-state index is 7.18. The van der Waals surface area contributed by atoms with Crippen LogP contribution in [0.2, 0.25) is 0 Å². The van der Waals surface area contributed by atoms with Gasteiger partial charge < -0.3 is 44.1 Å². The van der Waals surface area contributed by atoms with E-state index >= 15 is 0 Å². The van der Waals surface area contributed by atoms with Crippen LogP contribution in [0.25, 0.3) is 0 Å². The second-order valence-electron chi connectivity index (χ2n) is 50.7. The van der Waals surface area contributed by atoms with E-state index in [1.54, 1.807) is 0 Å². The maximum absolute atomic E-state index is 7.18. The molecule has 1 atom stereocenters. The van der Waals surface area contributed by atoms with Gasteiger partial charge in [-0.15, -0.1) is 0 Å². The van der Waals surface area contributed by atoms with Gasteiger partial charge in [0, 0.05) is 158 Å². The SMILES string of the molecule is CCCCCC(N(c1nc(N(CCCC)CCCC)nc(N(CCCC)CCCC)n1)C1CC(C)(C)N(OCCC)C(C)(C)C1)N(c1nc(N(CCCC)C2CC(C)(C)N(OCCC)C(C)(C)C2)nc(N(CCCCCCN(c2nc(N(CCCC)CCCC)nc(N(CCCC)CCCC)n2)C2CC(C)(C)N(OCCC)C(C)(C)C2)C2CC(C)(C)N(OCCC)C(C)(C)C2)n1)C1CC(C)(C)N(OCCC)C(C)(C)C1. The van der Waals surface area contributed by atoms with E-state index in [1.807, 2.05) is 0 Å². The highest BCUT2D eigenvalue weighted by molar-refractivity contribution is 5.55. The fourth-order valence-corrected chi connectivity index (χ4v) is 25.7. The third-order valence-electron chi connectivity index (χ3n) is 31.5. The molecule has 28 heteroatoms. The van der Waals surface area contributed by atoms with E-state index in [0.29, 0.717) is 33.0 Å². The normalized spacial score (nSPS) is 20.1. The van der Waals surface area contributed by atoms with Crippen LogP contribution in [-0.4, -0.2) is 267 Å². The first kappa shape index (κ1) is 125. The first-order valence-corrected chi connectivity index (χ1v) is 60.0. The Kier molecular flexibility index (Phi) is 50.2. The summed E-state index contributed by atoms with van der Waals surface area (Å²) in [5, 5.41) is 11.9. The minimum atomic E-state index is -0.473. The molecule has 0 radical (unpaired) electrons. The van der Waals surface area contributed by atoms with E-state index in [4.69, 9.17) is 69.0 Å². The zero-order valence-electron chi connectivity index (χ0n) is 101. The van der Waals surface area contributed by atoms with Crippen molar-refractivity contribution in [1.82, 2.24) is 70.2 Å². The number of hydroxylamine groups is 10. The Morgan fingerprint density at radius 2 is 0.372 bits per heavy atom. The van der Waals surface area contributed by atoms with Gasteiger partial charge in [0.05, 0.1) is 33.0 Å². The highest BCUT2D eigenvalue weighted by atomic mass is 16.7. The Morgan fingerprint density at radius 1 is 0.200 bits per heavy atom. The van der Waals surface area contributed by atoms with E-state index < -0.39 is 39.4 Å². The summed E-state index contributed by atoms with van der Waals surface area (Å²) in [7, 11) is 0. The predicted molar refractivity (Wildman–Crippen MR) is 612 cm³/mol. The van der Waals surface area contributed by atoms with Crippen LogP contribution >= 0.6 is 0 Å². The van der Waals surface area contributed by atoms with Crippen LogP contribution in [0.3, 0.4) is 0 Å². The van der Waals surface area contributed by atoms with E-state index in [9.17, 15) is 0 Å². The molecule has 5 fully saturated rings. The minimum Gasteiger partial charge on any atom is -0.341 e. The number of anilines is 9. The van der Waals surface area contributed by atoms with Gasteiger partial charge in [-0.3, -0.25) is 24.2 Å². The molecule has 838 valence electrons. The van der Waals surface area contributed by atoms with Gasteiger partial charge in [0.1, 0.15) is 6.17 Å². The van der Waals surface area contributed by atoms with Gasteiger partial charge in [0.15, 0.2) is 0 Å². The predicted octanol–water partition coefficient (Wildman–Crippen LogP) is 27.4. The minimum absolute atomic E-state index is 0.0130. The molecular weight excluding hydrogens is 1810 g/mol. The van der Waals surface area contributed by atoms with Crippen molar-refractivity contribution in [2.24, 2.45) is 0 Å². The largest absolute Gasteiger partial charge is 0.341 e. The van der Waals surface area contributed by atoms with E-state index in [1.165, 1.54) is 0 Å². The van der Waals surface area contributed by atoms with Crippen molar-refractivity contribution in [3.63, 3.8) is 0 Å². The number of hydrogen-bond acceptors (Lipinski definition) is 28. The quantitative estimate of drug-likeness (QED) is 0.0380. The fourth-order valence-electron chi connectivity index (χ4n) is 25.7. The third kappa shape index (κ3) is 34.4. The number of unbranched alkanes of at least 4 members (excludes halogenated alkanes) is 14. The molecule has 3 aromatic rings. The molecule has 0 aromatic carbocycles. The van der Waals surface area contributed by atoms with Gasteiger partial charge in [0.25, 0.3) is 0 Å². The molecular formula is C117H225N23O5. The number of rotatable bonds is 69. The van der Waals surface area contributed by atoms with Gasteiger partial charge in [0.2, 0.25) is 53.5 Å². The van der Waals surface area contributed by atoms with Crippen LogP contribution in [0.4, 0.5) is 53.5 Å². The highest BCUT2D eigenvalue weighted by Gasteiger charge is 2.57. The Labute approximate surface area is 889 Å². The van der Waals surface area contributed by atoms with Crippen LogP contribution in [0, 0.1) is 0 Å². The summed E-state index contributed by atoms with van der Waals surface area (Å²) in [6.45, 7) is 95.6. The molecule has 0 N–H and O–H groups in total. The first-order valence-electron chi connectivity index (χ1n) is 60.0. The zero-order valence-corrected chi connectivity index (χ0v) is 101. The lowest BCUT2D eigenvalue weighted by molar-refractivity contribution is -0.283. The molecule has 145 heavy (non-hydrogen) atoms. The summed E-state index contributed by atoms with van der Waals surface area (Å²) in [5.74, 6) is 6.97. The van der Waals surface area contributed by atoms with Gasteiger partial charge in [-0.25, -0.2) is 0 Å². The maximum Gasteiger partial charge on any atom is 0.233 e. The molecule has 5 saturated heterocycles. The lowest BCUT2D eigenvalue weighted by atomic mass is 9.77. The highest BCUT2D eigenvalue weighted by Crippen LogP contribution is 2.51. The Balaban J connectivity index is 1.51. The lowest BCUT2D eigenvalue weighted by Gasteiger charge is -2.59. The summed E-state index contributed by atoms with van der Waals surface area (Å²) in [6.07, 6.45) is 39.1. The summed E-state index contributed by atoms with van der Waals surface area (Å²) in [6, 6.07) is -0.129. The number of aromatic nitrogens is 9. The van der Waals surface area contributed by atoms with Crippen molar-refractivity contribution < 1.29 is 24.2 Å². The van der Waals surface area contributed by atoms with Gasteiger partial charge >= 0.3 is 0 Å². The average molecular weight is 2030 g/mol. The van der Waals surface area contributed by atoms with Crippen LogP contribution < -0.4 is 44.1 Å². The standard InChI is InChI=1S/C117H225N23O5/c1-36-51-63-66-98(134(96-89-114(28,29)139(144-81-49-14)115(30,31)90-96)106-122-101(129(71-56-41-6)72-57-42-7)119-102(123-106)130(73-58-43-8)74-59-44-9)135(97-91-116(32,33)140(145-82-50-15)117(34,35)92-97)107-125-104(131(75-60-45-10)93-83-108(16,17)136(141-78-46-11)109(18,19)84-93)124-105(126-107)133(95-87-112(24,25)138(143-80-48-13)113(26,27)88-95)77-65-62-61-64-76-132(94-85-110(20,21)137(142-79-47-12)111(22,23)86-94)103-120-99(127(67-52-37-2)68-53-38-3)118-100(121-103)128(69-54-39-4)70-55-40-5/h93-98H,36-92H2,1-35H3. The number of piperidine rings is 5. The lowest BCUT2D eigenvalue weighted by Crippen LogP contribution is -2.69. The Bertz CT molecular complexity index is 3930. The molecule has 5 aliphatic heterocycles. The molecule has 1 unspecified atom stereocenters. The van der Waals surface area contributed by atoms with Crippen molar-refractivity contribution in [3.8, 4) is 0 Å². The second-order valence-corrected chi connectivity index (χ2v) is 50.7. The topological polar surface area (TPSA) is 208 Å². The molecule has 8 rings (SSSR count). The van der Waals surface area contributed by atoms with Crippen LogP contribution in [0.15, 0.2) is 0 Å². The van der Waals surface area contributed by atoms with Crippen molar-refractivity contribution >= 4 is 53.5 Å². The van der Waals surface area contributed by atoms with Crippen molar-refractivity contribution in [1.29, 1.82) is 0 Å². The number of hydrogen-bond donors (Lipinski definition) is 0. The zero-order chi connectivity index (χ0) is 107. The molecule has 0 aliphatic carbocycles. The first-order chi connectivity index (χ1) is 68.7. The second kappa shape index (κ2) is 58.2. The molecule has 0 bridgehead atoms. The van der Waals surface area contributed by atoms with Gasteiger partial charge in [-0.2, -0.15) is 70.2 Å². The molecule has 28 nitrogen and oxygen atoms in total. The van der Waals surface area contributed by atoms with E-state index in [2.05, 4.69) is 312 Å². The Hall–Kier alpha value is -5.17. The molecule has 0 spiro atoms. The van der Waals surface area contributed by atoms with Crippen molar-refractivity contribution in [2.75, 3.05) is 149 Å². The van der Waals surface area contributed by atoms with Crippen LogP contribution in [0.1, 0.15) is 506 Å². The number of nitrogens with zero attached hydrogens (tertiary/aromatic N) is 23. The Morgan fingerprint density at radius 3 is 0.579 bits per heavy atom. The summed E-state index contributed by atoms with van der Waals surface area (Å²) >= 11 is 0. The summed E-state index contributed by atoms with van der Waals surface area (Å²) < 4.78 is 0. The third-order valence-corrected chi connectivity index (χ3v) is 31.5.